The minimum Gasteiger partial charge on any atom is -0.370 e. The summed E-state index contributed by atoms with van der Waals surface area (Å²) in [5.74, 6) is 1.30. The van der Waals surface area contributed by atoms with Crippen molar-refractivity contribution in [3.63, 3.8) is 0 Å². The zero-order chi connectivity index (χ0) is 17.6. The fraction of sp³-hybridized carbons (Fsp3) is 0.421. The van der Waals surface area contributed by atoms with Crippen molar-refractivity contribution in [2.75, 3.05) is 25.0 Å². The molecule has 0 saturated carbocycles. The molecule has 25 heavy (non-hydrogen) atoms. The van der Waals surface area contributed by atoms with E-state index in [-0.39, 0.29) is 5.91 Å². The average Bonchev–Trinajstić information content (AvgIpc) is 2.61. The molecule has 1 aliphatic rings. The van der Waals surface area contributed by atoms with Crippen molar-refractivity contribution in [3.8, 4) is 0 Å². The largest absolute Gasteiger partial charge is 0.370 e. The molecule has 3 rings (SSSR count). The number of aryl methyl sites for hydroxylation is 1. The van der Waals surface area contributed by atoms with Crippen LogP contribution in [0.5, 0.6) is 0 Å². The first-order chi connectivity index (χ1) is 12.1. The van der Waals surface area contributed by atoms with Gasteiger partial charge >= 0.3 is 0 Å². The molecule has 1 amide bonds. The van der Waals surface area contributed by atoms with E-state index in [0.29, 0.717) is 23.9 Å². The van der Waals surface area contributed by atoms with Crippen molar-refractivity contribution in [2.24, 2.45) is 0 Å². The minimum atomic E-state index is 0.00286. The highest BCUT2D eigenvalue weighted by molar-refractivity contribution is 6.30. The van der Waals surface area contributed by atoms with Crippen LogP contribution in [0.25, 0.3) is 0 Å². The lowest BCUT2D eigenvalue weighted by Crippen LogP contribution is -2.36. The molecule has 2 heterocycles. The van der Waals surface area contributed by atoms with Crippen LogP contribution in [0.15, 0.2) is 30.3 Å². The van der Waals surface area contributed by atoms with Crippen LogP contribution < -0.4 is 5.32 Å². The van der Waals surface area contributed by atoms with Crippen LogP contribution in [0, 0.1) is 6.92 Å². The molecule has 1 saturated heterocycles. The normalized spacial score (nSPS) is 14.4. The van der Waals surface area contributed by atoms with Gasteiger partial charge in [-0.2, -0.15) is 0 Å². The molecule has 0 aliphatic carbocycles. The summed E-state index contributed by atoms with van der Waals surface area (Å²) in [6.07, 6.45) is 4.17. The Balaban J connectivity index is 1.63. The van der Waals surface area contributed by atoms with Crippen LogP contribution in [0.1, 0.15) is 41.1 Å². The summed E-state index contributed by atoms with van der Waals surface area (Å²) in [4.78, 5) is 23.2. The molecule has 132 valence electrons. The van der Waals surface area contributed by atoms with Crippen LogP contribution in [0.4, 0.5) is 5.82 Å². The second-order valence-electron chi connectivity index (χ2n) is 6.35. The summed E-state index contributed by atoms with van der Waals surface area (Å²) in [6, 6.07) is 9.57. The van der Waals surface area contributed by atoms with E-state index in [0.717, 1.165) is 42.9 Å². The smallest absolute Gasteiger partial charge is 0.272 e. The first kappa shape index (κ1) is 17.7. The van der Waals surface area contributed by atoms with Crippen LogP contribution in [-0.2, 0) is 6.42 Å². The minimum absolute atomic E-state index is 0.00286. The van der Waals surface area contributed by atoms with Crippen LogP contribution in [-0.4, -0.2) is 40.4 Å². The van der Waals surface area contributed by atoms with E-state index in [1.165, 1.54) is 6.42 Å². The number of halogens is 1. The van der Waals surface area contributed by atoms with Crippen molar-refractivity contribution in [1.82, 2.24) is 14.9 Å². The zero-order valence-electron chi connectivity index (χ0n) is 14.5. The molecule has 1 aliphatic heterocycles. The third-order valence-electron chi connectivity index (χ3n) is 4.31. The van der Waals surface area contributed by atoms with E-state index in [9.17, 15) is 4.79 Å². The van der Waals surface area contributed by atoms with Gasteiger partial charge in [0.25, 0.3) is 5.91 Å². The molecular formula is C19H23ClN4O. The quantitative estimate of drug-likeness (QED) is 0.885. The lowest BCUT2D eigenvalue weighted by molar-refractivity contribution is 0.0718. The van der Waals surface area contributed by atoms with Gasteiger partial charge in [0.1, 0.15) is 17.3 Å². The Hall–Kier alpha value is -2.14. The SMILES string of the molecule is Cc1nc(NCCc2cccc(Cl)c2)cc(C(=O)N2CCCCC2)n1. The summed E-state index contributed by atoms with van der Waals surface area (Å²) in [6.45, 7) is 4.17. The number of anilines is 1. The fourth-order valence-corrected chi connectivity index (χ4v) is 3.27. The molecule has 0 bridgehead atoms. The number of rotatable bonds is 5. The molecule has 1 fully saturated rings. The number of carbonyl (C=O) groups is 1. The Kier molecular flexibility index (Phi) is 5.87. The van der Waals surface area contributed by atoms with E-state index in [1.54, 1.807) is 6.07 Å². The van der Waals surface area contributed by atoms with Gasteiger partial charge < -0.3 is 10.2 Å². The van der Waals surface area contributed by atoms with Gasteiger partial charge in [-0.15, -0.1) is 0 Å². The Morgan fingerprint density at radius 1 is 1.20 bits per heavy atom. The summed E-state index contributed by atoms with van der Waals surface area (Å²) in [7, 11) is 0. The van der Waals surface area contributed by atoms with Crippen molar-refractivity contribution in [2.45, 2.75) is 32.6 Å². The second-order valence-corrected chi connectivity index (χ2v) is 6.78. The number of benzene rings is 1. The van der Waals surface area contributed by atoms with E-state index in [4.69, 9.17) is 11.6 Å². The molecule has 1 aromatic heterocycles. The van der Waals surface area contributed by atoms with Crippen LogP contribution >= 0.6 is 11.6 Å². The zero-order valence-corrected chi connectivity index (χ0v) is 15.2. The van der Waals surface area contributed by atoms with Gasteiger partial charge in [-0.25, -0.2) is 9.97 Å². The van der Waals surface area contributed by atoms with Gasteiger partial charge in [-0.3, -0.25) is 4.79 Å². The topological polar surface area (TPSA) is 58.1 Å². The van der Waals surface area contributed by atoms with E-state index in [1.807, 2.05) is 36.1 Å². The number of aromatic nitrogens is 2. The van der Waals surface area contributed by atoms with Crippen LogP contribution in [0.2, 0.25) is 5.02 Å². The second kappa shape index (κ2) is 8.30. The van der Waals surface area contributed by atoms with Gasteiger partial charge in [-0.05, 0) is 50.3 Å². The molecule has 0 atom stereocenters. The van der Waals surface area contributed by atoms with Crippen molar-refractivity contribution in [3.05, 3.63) is 52.4 Å². The molecule has 1 N–H and O–H groups in total. The fourth-order valence-electron chi connectivity index (χ4n) is 3.05. The van der Waals surface area contributed by atoms with Crippen molar-refractivity contribution < 1.29 is 4.79 Å². The first-order valence-electron chi connectivity index (χ1n) is 8.75. The van der Waals surface area contributed by atoms with Gasteiger partial charge in [0, 0.05) is 30.7 Å². The van der Waals surface area contributed by atoms with E-state index >= 15 is 0 Å². The molecule has 2 aromatic rings. The highest BCUT2D eigenvalue weighted by Gasteiger charge is 2.20. The van der Waals surface area contributed by atoms with Gasteiger partial charge in [0.05, 0.1) is 0 Å². The lowest BCUT2D eigenvalue weighted by atomic mass is 10.1. The monoisotopic (exact) mass is 358 g/mol. The Bertz CT molecular complexity index is 744. The van der Waals surface area contributed by atoms with Crippen molar-refractivity contribution in [1.29, 1.82) is 0 Å². The summed E-state index contributed by atoms with van der Waals surface area (Å²) < 4.78 is 0. The maximum Gasteiger partial charge on any atom is 0.272 e. The van der Waals surface area contributed by atoms with Crippen LogP contribution in [0.3, 0.4) is 0 Å². The van der Waals surface area contributed by atoms with E-state index < -0.39 is 0 Å². The lowest BCUT2D eigenvalue weighted by Gasteiger charge is -2.26. The molecule has 5 nitrogen and oxygen atoms in total. The summed E-state index contributed by atoms with van der Waals surface area (Å²) in [5.41, 5.74) is 1.63. The molecule has 0 unspecified atom stereocenters. The molecule has 6 heteroatoms. The third kappa shape index (κ3) is 4.92. The summed E-state index contributed by atoms with van der Waals surface area (Å²) in [5, 5.41) is 4.03. The highest BCUT2D eigenvalue weighted by Crippen LogP contribution is 2.15. The summed E-state index contributed by atoms with van der Waals surface area (Å²) >= 11 is 6.01. The molecule has 0 spiro atoms. The van der Waals surface area contributed by atoms with E-state index in [2.05, 4.69) is 15.3 Å². The van der Waals surface area contributed by atoms with Crippen molar-refractivity contribution >= 4 is 23.3 Å². The average molecular weight is 359 g/mol. The number of hydrogen-bond acceptors (Lipinski definition) is 4. The Morgan fingerprint density at radius 3 is 2.76 bits per heavy atom. The number of likely N-dealkylation sites (tertiary alicyclic amines) is 1. The molecular weight excluding hydrogens is 336 g/mol. The maximum atomic E-state index is 12.6. The first-order valence-corrected chi connectivity index (χ1v) is 9.13. The number of hydrogen-bond donors (Lipinski definition) is 1. The number of amides is 1. The molecule has 1 aromatic carbocycles. The third-order valence-corrected chi connectivity index (χ3v) is 4.54. The van der Waals surface area contributed by atoms with Gasteiger partial charge in [0.15, 0.2) is 0 Å². The Morgan fingerprint density at radius 2 is 2.00 bits per heavy atom. The standard InChI is InChI=1S/C19H23ClN4O/c1-14-22-17(19(25)24-10-3-2-4-11-24)13-18(23-14)21-9-8-15-6-5-7-16(20)12-15/h5-7,12-13H,2-4,8-11H2,1H3,(H,21,22,23). The maximum absolute atomic E-state index is 12.6. The number of piperidine rings is 1. The predicted octanol–water partition coefficient (Wildman–Crippen LogP) is 3.72. The number of nitrogens with zero attached hydrogens (tertiary/aromatic N) is 3. The molecule has 0 radical (unpaired) electrons. The van der Waals surface area contributed by atoms with Gasteiger partial charge in [0.2, 0.25) is 0 Å². The van der Waals surface area contributed by atoms with Gasteiger partial charge in [-0.1, -0.05) is 23.7 Å². The highest BCUT2D eigenvalue weighted by atomic mass is 35.5. The predicted molar refractivity (Wildman–Crippen MR) is 100 cm³/mol. The number of carbonyl (C=O) groups excluding carboxylic acids is 1. The number of nitrogens with one attached hydrogen (secondary N) is 1. The Labute approximate surface area is 153 Å².